The van der Waals surface area contributed by atoms with Crippen LogP contribution in [0.25, 0.3) is 5.69 Å². The molecule has 0 spiro atoms. The van der Waals surface area contributed by atoms with Gasteiger partial charge in [-0.25, -0.2) is 4.98 Å². The molecule has 0 aliphatic rings. The monoisotopic (exact) mass is 244 g/mol. The van der Waals surface area contributed by atoms with Crippen LogP contribution in [-0.2, 0) is 10.2 Å². The summed E-state index contributed by atoms with van der Waals surface area (Å²) in [5, 5.41) is 8.90. The maximum absolute atomic E-state index is 10.8. The van der Waals surface area contributed by atoms with E-state index >= 15 is 0 Å². The summed E-state index contributed by atoms with van der Waals surface area (Å²) in [6.07, 6.45) is 5.45. The van der Waals surface area contributed by atoms with Crippen LogP contribution in [0.4, 0.5) is 0 Å². The maximum atomic E-state index is 10.8. The average Bonchev–Trinajstić information content (AvgIpc) is 2.81. The first-order valence-electron chi connectivity index (χ1n) is 5.80. The van der Waals surface area contributed by atoms with Crippen LogP contribution < -0.4 is 0 Å². The Labute approximate surface area is 106 Å². The third kappa shape index (κ3) is 2.59. The van der Waals surface area contributed by atoms with Crippen molar-refractivity contribution >= 4 is 5.97 Å². The molecule has 2 rings (SSSR count). The summed E-state index contributed by atoms with van der Waals surface area (Å²) in [6, 6.07) is 7.89. The number of carboxylic acid groups (broad SMARTS) is 1. The molecule has 2 aromatic rings. The molecule has 1 aromatic carbocycles. The van der Waals surface area contributed by atoms with Crippen LogP contribution in [0.2, 0.25) is 0 Å². The molecule has 0 aliphatic heterocycles. The Bertz CT molecular complexity index is 527. The van der Waals surface area contributed by atoms with E-state index in [1.165, 1.54) is 0 Å². The molecule has 0 radical (unpaired) electrons. The summed E-state index contributed by atoms with van der Waals surface area (Å²) in [6.45, 7) is 3.88. The molecule has 0 fully saturated rings. The molecule has 0 unspecified atom stereocenters. The Hall–Kier alpha value is -2.10. The number of hydrogen-bond acceptors (Lipinski definition) is 2. The second kappa shape index (κ2) is 4.64. The van der Waals surface area contributed by atoms with Gasteiger partial charge in [0.05, 0.1) is 12.7 Å². The smallest absolute Gasteiger partial charge is 0.304 e. The molecule has 94 valence electrons. The van der Waals surface area contributed by atoms with Crippen molar-refractivity contribution in [1.82, 2.24) is 9.55 Å². The zero-order valence-corrected chi connectivity index (χ0v) is 10.5. The molecule has 1 aromatic heterocycles. The van der Waals surface area contributed by atoms with Crippen LogP contribution in [0.3, 0.4) is 0 Å². The summed E-state index contributed by atoms with van der Waals surface area (Å²) in [7, 11) is 0. The Morgan fingerprint density at radius 3 is 2.50 bits per heavy atom. The number of nitrogens with zero attached hydrogens (tertiary/aromatic N) is 2. The van der Waals surface area contributed by atoms with E-state index in [1.807, 2.05) is 48.9 Å². The van der Waals surface area contributed by atoms with E-state index in [0.717, 1.165) is 11.3 Å². The van der Waals surface area contributed by atoms with Gasteiger partial charge in [0.2, 0.25) is 0 Å². The van der Waals surface area contributed by atoms with E-state index in [9.17, 15) is 4.79 Å². The highest BCUT2D eigenvalue weighted by atomic mass is 16.4. The van der Waals surface area contributed by atoms with Crippen LogP contribution in [0.5, 0.6) is 0 Å². The summed E-state index contributed by atoms with van der Waals surface area (Å²) in [4.78, 5) is 14.8. The lowest BCUT2D eigenvalue weighted by molar-refractivity contribution is -0.138. The maximum Gasteiger partial charge on any atom is 0.304 e. The van der Waals surface area contributed by atoms with E-state index in [0.29, 0.717) is 0 Å². The van der Waals surface area contributed by atoms with Crippen molar-refractivity contribution in [3.63, 3.8) is 0 Å². The third-order valence-electron chi connectivity index (χ3n) is 3.04. The van der Waals surface area contributed by atoms with Gasteiger partial charge in [-0.1, -0.05) is 26.0 Å². The number of benzene rings is 1. The molecular weight excluding hydrogens is 228 g/mol. The van der Waals surface area contributed by atoms with Crippen molar-refractivity contribution < 1.29 is 9.90 Å². The molecule has 1 N–H and O–H groups in total. The molecule has 1 heterocycles. The van der Waals surface area contributed by atoms with Gasteiger partial charge in [0.1, 0.15) is 0 Å². The van der Waals surface area contributed by atoms with Gasteiger partial charge < -0.3 is 9.67 Å². The molecule has 18 heavy (non-hydrogen) atoms. The highest BCUT2D eigenvalue weighted by Crippen LogP contribution is 2.27. The second-order valence-corrected chi connectivity index (χ2v) is 4.97. The SMILES string of the molecule is CC(C)(CC(=O)O)c1ccc(-n2ccnc2)cc1. The van der Waals surface area contributed by atoms with Crippen molar-refractivity contribution in [3.05, 3.63) is 48.5 Å². The van der Waals surface area contributed by atoms with Gasteiger partial charge in [0.25, 0.3) is 0 Å². The van der Waals surface area contributed by atoms with Gasteiger partial charge in [-0.05, 0) is 17.7 Å². The molecular formula is C14H16N2O2. The van der Waals surface area contributed by atoms with Crippen molar-refractivity contribution in [2.24, 2.45) is 0 Å². The molecule has 0 saturated heterocycles. The van der Waals surface area contributed by atoms with Gasteiger partial charge in [0, 0.05) is 23.5 Å². The van der Waals surface area contributed by atoms with Crippen LogP contribution >= 0.6 is 0 Å². The molecule has 4 nitrogen and oxygen atoms in total. The number of hydrogen-bond donors (Lipinski definition) is 1. The molecule has 0 amide bonds. The van der Waals surface area contributed by atoms with Gasteiger partial charge >= 0.3 is 5.97 Å². The Morgan fingerprint density at radius 1 is 1.33 bits per heavy atom. The van der Waals surface area contributed by atoms with E-state index in [-0.39, 0.29) is 11.8 Å². The molecule has 4 heteroatoms. The molecule has 0 aliphatic carbocycles. The zero-order valence-electron chi connectivity index (χ0n) is 10.5. The quantitative estimate of drug-likeness (QED) is 0.899. The standard InChI is InChI=1S/C14H16N2O2/c1-14(2,9-13(17)18)11-3-5-12(6-4-11)16-8-7-15-10-16/h3-8,10H,9H2,1-2H3,(H,17,18). The van der Waals surface area contributed by atoms with Crippen LogP contribution in [0.15, 0.2) is 43.0 Å². The zero-order chi connectivity index (χ0) is 13.2. The van der Waals surface area contributed by atoms with E-state index < -0.39 is 5.97 Å². The third-order valence-corrected chi connectivity index (χ3v) is 3.04. The topological polar surface area (TPSA) is 55.1 Å². The summed E-state index contributed by atoms with van der Waals surface area (Å²) in [5.74, 6) is -0.779. The highest BCUT2D eigenvalue weighted by molar-refractivity contribution is 5.68. The van der Waals surface area contributed by atoms with Gasteiger partial charge in [-0.15, -0.1) is 0 Å². The highest BCUT2D eigenvalue weighted by Gasteiger charge is 2.23. The minimum atomic E-state index is -0.779. The van der Waals surface area contributed by atoms with Crippen molar-refractivity contribution in [2.45, 2.75) is 25.7 Å². The van der Waals surface area contributed by atoms with E-state index in [2.05, 4.69) is 4.98 Å². The molecule has 0 bridgehead atoms. The van der Waals surface area contributed by atoms with E-state index in [4.69, 9.17) is 5.11 Å². The van der Waals surface area contributed by atoms with Crippen LogP contribution in [-0.4, -0.2) is 20.6 Å². The Balaban J connectivity index is 2.25. The lowest BCUT2D eigenvalue weighted by atomic mass is 9.81. The summed E-state index contributed by atoms with van der Waals surface area (Å²) >= 11 is 0. The number of aliphatic carboxylic acids is 1. The predicted molar refractivity (Wildman–Crippen MR) is 68.8 cm³/mol. The fourth-order valence-electron chi connectivity index (χ4n) is 1.98. The van der Waals surface area contributed by atoms with Gasteiger partial charge in [0.15, 0.2) is 0 Å². The number of aromatic nitrogens is 2. The lowest BCUT2D eigenvalue weighted by Crippen LogP contribution is -2.21. The minimum Gasteiger partial charge on any atom is -0.481 e. The normalized spacial score (nSPS) is 11.4. The minimum absolute atomic E-state index is 0.122. The van der Waals surface area contributed by atoms with Crippen molar-refractivity contribution in [2.75, 3.05) is 0 Å². The second-order valence-electron chi connectivity index (χ2n) is 4.97. The lowest BCUT2D eigenvalue weighted by Gasteiger charge is -2.23. The Morgan fingerprint density at radius 2 is 2.00 bits per heavy atom. The van der Waals surface area contributed by atoms with Crippen LogP contribution in [0.1, 0.15) is 25.8 Å². The van der Waals surface area contributed by atoms with Gasteiger partial charge in [-0.2, -0.15) is 0 Å². The average molecular weight is 244 g/mol. The fourth-order valence-corrected chi connectivity index (χ4v) is 1.98. The predicted octanol–water partition coefficient (Wildman–Crippen LogP) is 2.62. The number of carboxylic acids is 1. The first-order chi connectivity index (χ1) is 8.49. The van der Waals surface area contributed by atoms with Crippen molar-refractivity contribution in [3.8, 4) is 5.69 Å². The largest absolute Gasteiger partial charge is 0.481 e. The Kier molecular flexibility index (Phi) is 3.19. The summed E-state index contributed by atoms with van der Waals surface area (Å²) < 4.78 is 1.91. The van der Waals surface area contributed by atoms with Gasteiger partial charge in [-0.3, -0.25) is 4.79 Å². The fraction of sp³-hybridized carbons (Fsp3) is 0.286. The molecule has 0 atom stereocenters. The number of rotatable bonds is 4. The van der Waals surface area contributed by atoms with E-state index in [1.54, 1.807) is 12.5 Å². The summed E-state index contributed by atoms with van der Waals surface area (Å²) in [5.41, 5.74) is 1.68. The first kappa shape index (κ1) is 12.4. The number of imidazole rings is 1. The number of carbonyl (C=O) groups is 1. The van der Waals surface area contributed by atoms with Crippen molar-refractivity contribution in [1.29, 1.82) is 0 Å². The first-order valence-corrected chi connectivity index (χ1v) is 5.80. The van der Waals surface area contributed by atoms with Crippen LogP contribution in [0, 0.1) is 0 Å². The molecule has 0 saturated carbocycles.